The van der Waals surface area contributed by atoms with Gasteiger partial charge in [-0.25, -0.2) is 4.39 Å². The van der Waals surface area contributed by atoms with E-state index in [1.807, 2.05) is 0 Å². The molecule has 0 aliphatic carbocycles. The standard InChI is InChI=1S/C14H16ClFN2O3/c1-9-14(20)18(6-5-17(9)13(19)8-21-2)10-3-4-12(16)11(15)7-10/h3-4,7,9H,5-6,8H2,1-2H3. The lowest BCUT2D eigenvalue weighted by Crippen LogP contribution is -2.58. The average Bonchev–Trinajstić information content (AvgIpc) is 2.45. The van der Waals surface area contributed by atoms with Crippen molar-refractivity contribution in [1.29, 1.82) is 0 Å². The zero-order chi connectivity index (χ0) is 15.6. The third-order valence-corrected chi connectivity index (χ3v) is 3.75. The van der Waals surface area contributed by atoms with Crippen LogP contribution >= 0.6 is 11.6 Å². The zero-order valence-electron chi connectivity index (χ0n) is 11.8. The van der Waals surface area contributed by atoms with Crippen LogP contribution in [0.15, 0.2) is 18.2 Å². The number of methoxy groups -OCH3 is 1. The van der Waals surface area contributed by atoms with Gasteiger partial charge in [-0.3, -0.25) is 9.59 Å². The van der Waals surface area contributed by atoms with Crippen LogP contribution in [0.1, 0.15) is 6.92 Å². The predicted octanol–water partition coefficient (Wildman–Crippen LogP) is 1.69. The van der Waals surface area contributed by atoms with Gasteiger partial charge in [0, 0.05) is 25.9 Å². The number of piperazine rings is 1. The Morgan fingerprint density at radius 1 is 1.48 bits per heavy atom. The molecule has 2 amide bonds. The van der Waals surface area contributed by atoms with E-state index in [2.05, 4.69) is 0 Å². The number of carbonyl (C=O) groups is 2. The van der Waals surface area contributed by atoms with Gasteiger partial charge in [0.15, 0.2) is 0 Å². The van der Waals surface area contributed by atoms with Crippen LogP contribution in [0.25, 0.3) is 0 Å². The van der Waals surface area contributed by atoms with Crippen LogP contribution < -0.4 is 4.90 Å². The molecule has 0 N–H and O–H groups in total. The summed E-state index contributed by atoms with van der Waals surface area (Å²) in [4.78, 5) is 27.2. The van der Waals surface area contributed by atoms with Crippen molar-refractivity contribution in [3.8, 4) is 0 Å². The number of nitrogens with zero attached hydrogens (tertiary/aromatic N) is 2. The van der Waals surface area contributed by atoms with Gasteiger partial charge in [-0.15, -0.1) is 0 Å². The van der Waals surface area contributed by atoms with E-state index in [0.717, 1.165) is 0 Å². The molecular weight excluding hydrogens is 299 g/mol. The molecule has 1 atom stereocenters. The molecule has 1 aromatic carbocycles. The van der Waals surface area contributed by atoms with Crippen molar-refractivity contribution in [2.75, 3.05) is 31.7 Å². The van der Waals surface area contributed by atoms with E-state index in [1.165, 1.54) is 35.1 Å². The number of hydrogen-bond acceptors (Lipinski definition) is 3. The van der Waals surface area contributed by atoms with E-state index >= 15 is 0 Å². The van der Waals surface area contributed by atoms with Crippen LogP contribution in [0.3, 0.4) is 0 Å². The molecule has 7 heteroatoms. The van der Waals surface area contributed by atoms with Crippen molar-refractivity contribution in [3.05, 3.63) is 29.0 Å². The van der Waals surface area contributed by atoms with E-state index < -0.39 is 11.9 Å². The Balaban J connectivity index is 2.17. The van der Waals surface area contributed by atoms with Gasteiger partial charge in [0.2, 0.25) is 11.8 Å². The molecule has 0 aromatic heterocycles. The highest BCUT2D eigenvalue weighted by atomic mass is 35.5. The van der Waals surface area contributed by atoms with E-state index in [0.29, 0.717) is 18.8 Å². The summed E-state index contributed by atoms with van der Waals surface area (Å²) in [7, 11) is 1.43. The quantitative estimate of drug-likeness (QED) is 0.853. The molecule has 114 valence electrons. The first-order valence-corrected chi connectivity index (χ1v) is 6.88. The summed E-state index contributed by atoms with van der Waals surface area (Å²) in [6.45, 7) is 2.33. The third kappa shape index (κ3) is 3.16. The Labute approximate surface area is 127 Å². The number of hydrogen-bond donors (Lipinski definition) is 0. The number of benzene rings is 1. The van der Waals surface area contributed by atoms with E-state index in [4.69, 9.17) is 16.3 Å². The largest absolute Gasteiger partial charge is 0.375 e. The maximum absolute atomic E-state index is 13.2. The summed E-state index contributed by atoms with van der Waals surface area (Å²) in [5.74, 6) is -0.988. The average molecular weight is 315 g/mol. The highest BCUT2D eigenvalue weighted by Crippen LogP contribution is 2.25. The van der Waals surface area contributed by atoms with Gasteiger partial charge < -0.3 is 14.5 Å². The summed E-state index contributed by atoms with van der Waals surface area (Å²) < 4.78 is 18.0. The molecule has 2 rings (SSSR count). The van der Waals surface area contributed by atoms with Gasteiger partial charge in [-0.1, -0.05) is 11.6 Å². The summed E-state index contributed by atoms with van der Waals surface area (Å²) >= 11 is 5.74. The van der Waals surface area contributed by atoms with Gasteiger partial charge >= 0.3 is 0 Å². The molecule has 1 aliphatic heterocycles. The van der Waals surface area contributed by atoms with Gasteiger partial charge in [0.1, 0.15) is 18.5 Å². The molecule has 1 aromatic rings. The summed E-state index contributed by atoms with van der Waals surface area (Å²) in [5.41, 5.74) is 0.525. The predicted molar refractivity (Wildman–Crippen MR) is 76.8 cm³/mol. The first-order chi connectivity index (χ1) is 9.95. The minimum atomic E-state index is -0.592. The fourth-order valence-electron chi connectivity index (χ4n) is 2.33. The summed E-state index contributed by atoms with van der Waals surface area (Å²) in [5, 5.41) is -0.0363. The molecule has 1 aliphatic rings. The van der Waals surface area contributed by atoms with Crippen LogP contribution in [0.2, 0.25) is 5.02 Å². The summed E-state index contributed by atoms with van der Waals surface area (Å²) in [6.07, 6.45) is 0. The molecular formula is C14H16ClFN2O3. The van der Waals surface area contributed by atoms with E-state index in [1.54, 1.807) is 6.92 Å². The molecule has 1 fully saturated rings. The lowest BCUT2D eigenvalue weighted by molar-refractivity contribution is -0.143. The fourth-order valence-corrected chi connectivity index (χ4v) is 2.50. The Morgan fingerprint density at radius 2 is 2.19 bits per heavy atom. The molecule has 0 saturated carbocycles. The normalized spacial score (nSPS) is 19.0. The maximum atomic E-state index is 13.2. The molecule has 21 heavy (non-hydrogen) atoms. The first kappa shape index (κ1) is 15.7. The number of rotatable bonds is 3. The number of halogens is 2. The smallest absolute Gasteiger partial charge is 0.249 e. The zero-order valence-corrected chi connectivity index (χ0v) is 12.6. The lowest BCUT2D eigenvalue weighted by Gasteiger charge is -2.39. The molecule has 0 radical (unpaired) electrons. The Hall–Kier alpha value is -1.66. The topological polar surface area (TPSA) is 49.9 Å². The van der Waals surface area contributed by atoms with Gasteiger partial charge in [0.25, 0.3) is 0 Å². The second kappa shape index (κ2) is 6.41. The first-order valence-electron chi connectivity index (χ1n) is 6.50. The Morgan fingerprint density at radius 3 is 2.81 bits per heavy atom. The van der Waals surface area contributed by atoms with Gasteiger partial charge in [-0.05, 0) is 25.1 Å². The van der Waals surface area contributed by atoms with Crippen LogP contribution in [0.5, 0.6) is 0 Å². The minimum absolute atomic E-state index is 0.0363. The monoisotopic (exact) mass is 314 g/mol. The van der Waals surface area contributed by atoms with Crippen molar-refractivity contribution in [1.82, 2.24) is 4.90 Å². The molecule has 1 heterocycles. The van der Waals surface area contributed by atoms with Crippen LogP contribution in [-0.4, -0.2) is 49.6 Å². The molecule has 1 saturated heterocycles. The number of anilines is 1. The Bertz CT molecular complexity index is 567. The van der Waals surface area contributed by atoms with Gasteiger partial charge in [-0.2, -0.15) is 0 Å². The lowest BCUT2D eigenvalue weighted by atomic mass is 10.1. The molecule has 0 bridgehead atoms. The van der Waals surface area contributed by atoms with Gasteiger partial charge in [0.05, 0.1) is 5.02 Å². The van der Waals surface area contributed by atoms with Crippen molar-refractivity contribution >= 4 is 29.1 Å². The van der Waals surface area contributed by atoms with Crippen molar-refractivity contribution < 1.29 is 18.7 Å². The fraction of sp³-hybridized carbons (Fsp3) is 0.429. The molecule has 0 spiro atoms. The van der Waals surface area contributed by atoms with Crippen LogP contribution in [0.4, 0.5) is 10.1 Å². The molecule has 5 nitrogen and oxygen atoms in total. The van der Waals surface area contributed by atoms with Crippen molar-refractivity contribution in [3.63, 3.8) is 0 Å². The Kier molecular flexibility index (Phi) is 4.80. The minimum Gasteiger partial charge on any atom is -0.375 e. The number of amides is 2. The third-order valence-electron chi connectivity index (χ3n) is 3.46. The highest BCUT2D eigenvalue weighted by molar-refractivity contribution is 6.31. The number of carbonyl (C=O) groups excluding carboxylic acids is 2. The van der Waals surface area contributed by atoms with Crippen LogP contribution in [0, 0.1) is 5.82 Å². The SMILES string of the molecule is COCC(=O)N1CCN(c2ccc(F)c(Cl)c2)C(=O)C1C. The molecule has 1 unspecified atom stereocenters. The summed E-state index contributed by atoms with van der Waals surface area (Å²) in [6, 6.07) is 3.54. The maximum Gasteiger partial charge on any atom is 0.249 e. The second-order valence-electron chi connectivity index (χ2n) is 4.78. The van der Waals surface area contributed by atoms with Crippen LogP contribution in [-0.2, 0) is 14.3 Å². The van der Waals surface area contributed by atoms with Crippen molar-refractivity contribution in [2.45, 2.75) is 13.0 Å². The second-order valence-corrected chi connectivity index (χ2v) is 5.19. The van der Waals surface area contributed by atoms with E-state index in [-0.39, 0.29) is 23.4 Å². The number of ether oxygens (including phenoxy) is 1. The van der Waals surface area contributed by atoms with E-state index in [9.17, 15) is 14.0 Å². The van der Waals surface area contributed by atoms with Crippen molar-refractivity contribution in [2.24, 2.45) is 0 Å². The highest BCUT2D eigenvalue weighted by Gasteiger charge is 2.34.